The van der Waals surface area contributed by atoms with Gasteiger partial charge in [-0.05, 0) is 30.5 Å². The van der Waals surface area contributed by atoms with Crippen molar-refractivity contribution in [2.45, 2.75) is 24.3 Å². The molecule has 1 saturated carbocycles. The van der Waals surface area contributed by atoms with Crippen LogP contribution in [-0.4, -0.2) is 35.4 Å². The van der Waals surface area contributed by atoms with Crippen LogP contribution >= 0.6 is 0 Å². The number of carbonyl (C=O) groups excluding carboxylic acids is 1. The molecule has 5 N–H and O–H groups in total. The number of hydrogen-bond acceptors (Lipinski definition) is 4. The van der Waals surface area contributed by atoms with Crippen LogP contribution in [0.1, 0.15) is 18.4 Å². The number of rotatable bonds is 5. The maximum Gasteiger partial charge on any atom is 0.231 e. The Kier molecular flexibility index (Phi) is 3.54. The van der Waals surface area contributed by atoms with Crippen molar-refractivity contribution in [2.24, 2.45) is 0 Å². The monoisotopic (exact) mass is 250 g/mol. The van der Waals surface area contributed by atoms with E-state index in [0.717, 1.165) is 18.4 Å². The number of carbonyl (C=O) groups is 1. The topological polar surface area (TPSA) is 95.6 Å². The van der Waals surface area contributed by atoms with Gasteiger partial charge in [-0.15, -0.1) is 0 Å². The van der Waals surface area contributed by atoms with Crippen LogP contribution in [0.2, 0.25) is 0 Å². The van der Waals surface area contributed by atoms with E-state index in [9.17, 15) is 4.79 Å². The average molecular weight is 250 g/mol. The van der Waals surface area contributed by atoms with Crippen molar-refractivity contribution in [3.05, 3.63) is 29.8 Å². The Morgan fingerprint density at radius 3 is 2.28 bits per heavy atom. The minimum Gasteiger partial charge on any atom is -0.399 e. The maximum absolute atomic E-state index is 12.2. The lowest BCUT2D eigenvalue weighted by molar-refractivity contribution is -0.125. The van der Waals surface area contributed by atoms with E-state index in [1.807, 2.05) is 12.1 Å². The lowest BCUT2D eigenvalue weighted by Crippen LogP contribution is -2.45. The van der Waals surface area contributed by atoms with E-state index in [1.165, 1.54) is 0 Å². The summed E-state index contributed by atoms with van der Waals surface area (Å²) in [5.41, 5.74) is 6.72. The highest BCUT2D eigenvalue weighted by Crippen LogP contribution is 2.48. The minimum atomic E-state index is -0.594. The van der Waals surface area contributed by atoms with E-state index >= 15 is 0 Å². The van der Waals surface area contributed by atoms with Crippen LogP contribution in [0.15, 0.2) is 24.3 Å². The van der Waals surface area contributed by atoms with Crippen molar-refractivity contribution in [2.75, 3.05) is 18.9 Å². The number of anilines is 1. The van der Waals surface area contributed by atoms with Crippen molar-refractivity contribution in [1.29, 1.82) is 0 Å². The molecule has 0 unspecified atom stereocenters. The highest BCUT2D eigenvalue weighted by atomic mass is 16.3. The van der Waals surface area contributed by atoms with Gasteiger partial charge in [-0.2, -0.15) is 0 Å². The molecule has 1 aliphatic rings. The minimum absolute atomic E-state index is 0.139. The second kappa shape index (κ2) is 4.96. The van der Waals surface area contributed by atoms with Gasteiger partial charge in [-0.3, -0.25) is 4.79 Å². The Labute approximate surface area is 106 Å². The Balaban J connectivity index is 2.11. The Morgan fingerprint density at radius 1 is 1.28 bits per heavy atom. The summed E-state index contributed by atoms with van der Waals surface area (Å²) in [7, 11) is 0. The van der Waals surface area contributed by atoms with Gasteiger partial charge >= 0.3 is 0 Å². The van der Waals surface area contributed by atoms with E-state index < -0.39 is 11.5 Å². The lowest BCUT2D eigenvalue weighted by Gasteiger charge is -2.20. The lowest BCUT2D eigenvalue weighted by atomic mass is 9.94. The SMILES string of the molecule is Nc1ccc(C2(C(=O)NC(CO)CO)CC2)cc1. The number of nitrogen functional groups attached to an aromatic ring is 1. The number of nitrogens with two attached hydrogens (primary N) is 1. The molecule has 5 heteroatoms. The van der Waals surface area contributed by atoms with Crippen molar-refractivity contribution >= 4 is 11.6 Å². The summed E-state index contributed by atoms with van der Waals surface area (Å²) >= 11 is 0. The normalized spacial score (nSPS) is 16.6. The predicted molar refractivity (Wildman–Crippen MR) is 67.9 cm³/mol. The molecule has 98 valence electrons. The average Bonchev–Trinajstić information content (AvgIpc) is 3.18. The van der Waals surface area contributed by atoms with Crippen molar-refractivity contribution in [3.8, 4) is 0 Å². The van der Waals surface area contributed by atoms with Gasteiger partial charge in [-0.1, -0.05) is 12.1 Å². The smallest absolute Gasteiger partial charge is 0.231 e. The maximum atomic E-state index is 12.2. The molecule has 0 atom stereocenters. The Morgan fingerprint density at radius 2 is 1.83 bits per heavy atom. The molecule has 0 saturated heterocycles. The second-order valence-corrected chi connectivity index (χ2v) is 4.74. The van der Waals surface area contributed by atoms with Gasteiger partial charge in [0.2, 0.25) is 5.91 Å². The second-order valence-electron chi connectivity index (χ2n) is 4.74. The van der Waals surface area contributed by atoms with Gasteiger partial charge in [-0.25, -0.2) is 0 Å². The van der Waals surface area contributed by atoms with Crippen molar-refractivity contribution in [1.82, 2.24) is 5.32 Å². The van der Waals surface area contributed by atoms with E-state index in [0.29, 0.717) is 5.69 Å². The standard InChI is InChI=1S/C13H18N2O3/c14-10-3-1-9(2-4-10)13(5-6-13)12(18)15-11(7-16)8-17/h1-4,11,16-17H,5-8,14H2,(H,15,18). The van der Waals surface area contributed by atoms with Crippen LogP contribution in [0, 0.1) is 0 Å². The first-order valence-electron chi connectivity index (χ1n) is 6.01. The molecular formula is C13H18N2O3. The van der Waals surface area contributed by atoms with E-state index in [2.05, 4.69) is 5.32 Å². The van der Waals surface area contributed by atoms with Crippen LogP contribution in [0.25, 0.3) is 0 Å². The largest absolute Gasteiger partial charge is 0.399 e. The molecule has 0 radical (unpaired) electrons. The molecule has 0 aliphatic heterocycles. The Hall–Kier alpha value is -1.59. The number of benzene rings is 1. The Bertz CT molecular complexity index is 422. The molecule has 1 aromatic carbocycles. The number of hydrogen-bond donors (Lipinski definition) is 4. The van der Waals surface area contributed by atoms with Crippen molar-refractivity contribution < 1.29 is 15.0 Å². The van der Waals surface area contributed by atoms with Crippen LogP contribution in [0.5, 0.6) is 0 Å². The highest BCUT2D eigenvalue weighted by Gasteiger charge is 2.51. The van der Waals surface area contributed by atoms with Crippen LogP contribution in [0.3, 0.4) is 0 Å². The van der Waals surface area contributed by atoms with Gasteiger partial charge in [0, 0.05) is 5.69 Å². The summed E-state index contributed by atoms with van der Waals surface area (Å²) in [6.45, 7) is -0.528. The summed E-state index contributed by atoms with van der Waals surface area (Å²) in [6, 6.07) is 6.67. The van der Waals surface area contributed by atoms with E-state index in [4.69, 9.17) is 15.9 Å². The molecule has 2 rings (SSSR count). The summed E-state index contributed by atoms with van der Waals surface area (Å²) in [6.07, 6.45) is 1.57. The molecule has 0 spiro atoms. The third-order valence-electron chi connectivity index (χ3n) is 3.42. The molecule has 1 amide bonds. The third kappa shape index (κ3) is 2.32. The van der Waals surface area contributed by atoms with Crippen LogP contribution < -0.4 is 11.1 Å². The fourth-order valence-electron chi connectivity index (χ4n) is 2.05. The zero-order chi connectivity index (χ0) is 13.2. The summed E-state index contributed by atoms with van der Waals surface area (Å²) in [5.74, 6) is -0.139. The summed E-state index contributed by atoms with van der Waals surface area (Å²) in [5, 5.41) is 20.6. The van der Waals surface area contributed by atoms with Gasteiger partial charge in [0.1, 0.15) is 0 Å². The fourth-order valence-corrected chi connectivity index (χ4v) is 2.05. The molecule has 18 heavy (non-hydrogen) atoms. The molecule has 0 heterocycles. The zero-order valence-corrected chi connectivity index (χ0v) is 10.1. The number of aliphatic hydroxyl groups excluding tert-OH is 2. The van der Waals surface area contributed by atoms with Crippen molar-refractivity contribution in [3.63, 3.8) is 0 Å². The predicted octanol–water partition coefficient (Wildman–Crippen LogP) is -0.230. The molecule has 5 nitrogen and oxygen atoms in total. The third-order valence-corrected chi connectivity index (χ3v) is 3.42. The first kappa shape index (κ1) is 12.9. The zero-order valence-electron chi connectivity index (χ0n) is 10.1. The number of aliphatic hydroxyl groups is 2. The summed E-state index contributed by atoms with van der Waals surface area (Å²) < 4.78 is 0. The molecular weight excluding hydrogens is 232 g/mol. The van der Waals surface area contributed by atoms with Crippen LogP contribution in [0.4, 0.5) is 5.69 Å². The quantitative estimate of drug-likeness (QED) is 0.543. The van der Waals surface area contributed by atoms with Gasteiger partial charge < -0.3 is 21.3 Å². The number of nitrogens with one attached hydrogen (secondary N) is 1. The molecule has 0 aromatic heterocycles. The molecule has 1 fully saturated rings. The highest BCUT2D eigenvalue weighted by molar-refractivity contribution is 5.91. The molecule has 0 bridgehead atoms. The molecule has 1 aliphatic carbocycles. The van der Waals surface area contributed by atoms with E-state index in [-0.39, 0.29) is 19.1 Å². The first-order chi connectivity index (χ1) is 8.62. The van der Waals surface area contributed by atoms with Gasteiger partial charge in [0.15, 0.2) is 0 Å². The molecule has 1 aromatic rings. The fraction of sp³-hybridized carbons (Fsp3) is 0.462. The van der Waals surface area contributed by atoms with Crippen LogP contribution in [-0.2, 0) is 10.2 Å². The van der Waals surface area contributed by atoms with E-state index in [1.54, 1.807) is 12.1 Å². The van der Waals surface area contributed by atoms with Gasteiger partial charge in [0.25, 0.3) is 0 Å². The number of amides is 1. The first-order valence-corrected chi connectivity index (χ1v) is 6.01. The summed E-state index contributed by atoms with van der Waals surface area (Å²) in [4.78, 5) is 12.2. The van der Waals surface area contributed by atoms with Gasteiger partial charge in [0.05, 0.1) is 24.7 Å².